The fraction of sp³-hybridized carbons (Fsp3) is 0.526. The summed E-state index contributed by atoms with van der Waals surface area (Å²) in [5, 5.41) is 0.785. The average molecular weight is 329 g/mol. The van der Waals surface area contributed by atoms with Crippen LogP contribution in [0, 0.1) is 6.92 Å². The molecular weight excluding hydrogens is 302 g/mol. The first-order valence-electron chi connectivity index (χ1n) is 8.84. The molecule has 1 aliphatic heterocycles. The van der Waals surface area contributed by atoms with Gasteiger partial charge in [0.1, 0.15) is 0 Å². The van der Waals surface area contributed by atoms with Crippen molar-refractivity contribution in [2.45, 2.75) is 27.3 Å². The van der Waals surface area contributed by atoms with Gasteiger partial charge in [0.25, 0.3) is 0 Å². The van der Waals surface area contributed by atoms with Crippen molar-refractivity contribution >= 4 is 16.6 Å². The molecule has 1 fully saturated rings. The molecule has 0 unspecified atom stereocenters. The Balaban J connectivity index is 2.01. The molecule has 130 valence electrons. The van der Waals surface area contributed by atoms with Crippen molar-refractivity contribution in [1.29, 1.82) is 0 Å². The predicted octanol–water partition coefficient (Wildman–Crippen LogP) is 2.51. The highest BCUT2D eigenvalue weighted by molar-refractivity contribution is 5.83. The largest absolute Gasteiger partial charge is 0.379 e. The molecule has 2 heterocycles. The summed E-state index contributed by atoms with van der Waals surface area (Å²) in [5.74, 6) is 0. The number of morpholine rings is 1. The highest BCUT2D eigenvalue weighted by Gasteiger charge is 2.16. The highest BCUT2D eigenvalue weighted by atomic mass is 16.5. The van der Waals surface area contributed by atoms with Crippen LogP contribution in [-0.2, 0) is 11.3 Å². The van der Waals surface area contributed by atoms with E-state index in [9.17, 15) is 4.79 Å². The summed E-state index contributed by atoms with van der Waals surface area (Å²) in [6.07, 6.45) is 0. The number of fused-ring (bicyclic) bond motifs is 1. The van der Waals surface area contributed by atoms with E-state index in [1.165, 1.54) is 0 Å². The molecule has 1 aromatic carbocycles. The molecule has 5 nitrogen and oxygen atoms in total. The van der Waals surface area contributed by atoms with Gasteiger partial charge in [0, 0.05) is 60.6 Å². The van der Waals surface area contributed by atoms with Crippen molar-refractivity contribution in [3.8, 4) is 0 Å². The van der Waals surface area contributed by atoms with Gasteiger partial charge in [-0.1, -0.05) is 0 Å². The van der Waals surface area contributed by atoms with E-state index in [1.807, 2.05) is 19.1 Å². The van der Waals surface area contributed by atoms with Gasteiger partial charge in [-0.05, 0) is 39.0 Å². The number of hydrogen-bond donors (Lipinski definition) is 1. The van der Waals surface area contributed by atoms with Crippen LogP contribution in [-0.4, -0.2) is 49.3 Å². The number of H-pyrrole nitrogens is 1. The Hall–Kier alpha value is -1.85. The molecule has 3 rings (SSSR count). The van der Waals surface area contributed by atoms with Crippen LogP contribution in [0.25, 0.3) is 10.9 Å². The molecule has 0 spiro atoms. The number of aromatic nitrogens is 1. The van der Waals surface area contributed by atoms with Crippen molar-refractivity contribution < 1.29 is 4.74 Å². The first-order valence-corrected chi connectivity index (χ1v) is 8.84. The van der Waals surface area contributed by atoms with Gasteiger partial charge in [-0.15, -0.1) is 0 Å². The number of benzene rings is 1. The second-order valence-corrected chi connectivity index (χ2v) is 6.35. The molecule has 0 amide bonds. The Morgan fingerprint density at radius 1 is 1.21 bits per heavy atom. The molecule has 0 saturated carbocycles. The quantitative estimate of drug-likeness (QED) is 0.916. The van der Waals surface area contributed by atoms with Crippen LogP contribution in [0.2, 0.25) is 0 Å². The SMILES string of the molecule is CCN(CC)c1ccc2[nH]c(C)c(CN3CCOCC3)c(=O)c2c1. The smallest absolute Gasteiger partial charge is 0.194 e. The molecule has 2 aromatic rings. The van der Waals surface area contributed by atoms with Crippen molar-refractivity contribution in [3.05, 3.63) is 39.7 Å². The zero-order chi connectivity index (χ0) is 17.1. The standard InChI is InChI=1S/C19H27N3O2/c1-4-22(5-2)15-6-7-18-16(12-15)19(23)17(14(3)20-18)13-21-8-10-24-11-9-21/h6-7,12H,4-5,8-11,13H2,1-3H3,(H,20,23). The second-order valence-electron chi connectivity index (χ2n) is 6.35. The van der Waals surface area contributed by atoms with E-state index >= 15 is 0 Å². The summed E-state index contributed by atoms with van der Waals surface area (Å²) in [6, 6.07) is 6.14. The number of rotatable bonds is 5. The number of nitrogens with zero attached hydrogens (tertiary/aromatic N) is 2. The van der Waals surface area contributed by atoms with Gasteiger partial charge in [0.2, 0.25) is 0 Å². The van der Waals surface area contributed by atoms with Crippen molar-refractivity contribution in [2.24, 2.45) is 0 Å². The summed E-state index contributed by atoms with van der Waals surface area (Å²) in [5.41, 5.74) is 4.02. The average Bonchev–Trinajstić information content (AvgIpc) is 2.61. The van der Waals surface area contributed by atoms with Gasteiger partial charge in [-0.2, -0.15) is 0 Å². The minimum atomic E-state index is 0.154. The molecular formula is C19H27N3O2. The monoisotopic (exact) mass is 329 g/mol. The molecule has 5 heteroatoms. The highest BCUT2D eigenvalue weighted by Crippen LogP contribution is 2.20. The molecule has 1 saturated heterocycles. The second kappa shape index (κ2) is 7.36. The first-order chi connectivity index (χ1) is 11.6. The van der Waals surface area contributed by atoms with Gasteiger partial charge >= 0.3 is 0 Å². The van der Waals surface area contributed by atoms with Crippen LogP contribution in [0.4, 0.5) is 5.69 Å². The zero-order valence-corrected chi connectivity index (χ0v) is 14.9. The number of ether oxygens (including phenoxy) is 1. The fourth-order valence-electron chi connectivity index (χ4n) is 3.40. The lowest BCUT2D eigenvalue weighted by Crippen LogP contribution is -2.37. The van der Waals surface area contributed by atoms with Crippen LogP contribution in [0.5, 0.6) is 0 Å². The Kier molecular flexibility index (Phi) is 5.21. The van der Waals surface area contributed by atoms with E-state index in [-0.39, 0.29) is 5.43 Å². The maximum Gasteiger partial charge on any atom is 0.194 e. The van der Waals surface area contributed by atoms with Gasteiger partial charge in [0.15, 0.2) is 5.43 Å². The van der Waals surface area contributed by atoms with Crippen LogP contribution >= 0.6 is 0 Å². The minimum Gasteiger partial charge on any atom is -0.379 e. The molecule has 1 N–H and O–H groups in total. The number of hydrogen-bond acceptors (Lipinski definition) is 4. The Labute approximate surface area is 143 Å². The van der Waals surface area contributed by atoms with Crippen LogP contribution in [0.1, 0.15) is 25.1 Å². The van der Waals surface area contributed by atoms with E-state index in [2.05, 4.69) is 34.7 Å². The van der Waals surface area contributed by atoms with E-state index in [0.29, 0.717) is 6.54 Å². The fourth-order valence-corrected chi connectivity index (χ4v) is 3.40. The predicted molar refractivity (Wildman–Crippen MR) is 99.0 cm³/mol. The lowest BCUT2D eigenvalue weighted by Gasteiger charge is -2.27. The van der Waals surface area contributed by atoms with Crippen LogP contribution in [0.15, 0.2) is 23.0 Å². The van der Waals surface area contributed by atoms with E-state index in [1.54, 1.807) is 0 Å². The summed E-state index contributed by atoms with van der Waals surface area (Å²) >= 11 is 0. The van der Waals surface area contributed by atoms with Crippen LogP contribution in [0.3, 0.4) is 0 Å². The molecule has 0 aliphatic carbocycles. The van der Waals surface area contributed by atoms with Crippen molar-refractivity contribution in [3.63, 3.8) is 0 Å². The summed E-state index contributed by atoms with van der Waals surface area (Å²) in [4.78, 5) is 21.0. The number of aromatic amines is 1. The summed E-state index contributed by atoms with van der Waals surface area (Å²) < 4.78 is 5.40. The van der Waals surface area contributed by atoms with Crippen LogP contribution < -0.4 is 10.3 Å². The molecule has 1 aliphatic rings. The summed E-state index contributed by atoms with van der Waals surface area (Å²) in [7, 11) is 0. The number of anilines is 1. The molecule has 0 bridgehead atoms. The lowest BCUT2D eigenvalue weighted by atomic mass is 10.1. The molecule has 24 heavy (non-hydrogen) atoms. The van der Waals surface area contributed by atoms with Gasteiger partial charge in [-0.25, -0.2) is 0 Å². The van der Waals surface area contributed by atoms with Gasteiger partial charge in [0.05, 0.1) is 13.2 Å². The van der Waals surface area contributed by atoms with E-state index in [4.69, 9.17) is 4.74 Å². The Bertz CT molecular complexity index is 759. The third-order valence-electron chi connectivity index (χ3n) is 4.91. The third-order valence-corrected chi connectivity index (χ3v) is 4.91. The Morgan fingerprint density at radius 2 is 1.92 bits per heavy atom. The third kappa shape index (κ3) is 3.32. The summed E-state index contributed by atoms with van der Waals surface area (Å²) in [6.45, 7) is 12.1. The van der Waals surface area contributed by atoms with E-state index < -0.39 is 0 Å². The normalized spacial score (nSPS) is 15.8. The lowest BCUT2D eigenvalue weighted by molar-refractivity contribution is 0.0339. The first kappa shape index (κ1) is 17.0. The van der Waals surface area contributed by atoms with Crippen molar-refractivity contribution in [2.75, 3.05) is 44.3 Å². The van der Waals surface area contributed by atoms with E-state index in [0.717, 1.165) is 67.2 Å². The molecule has 1 aromatic heterocycles. The minimum absolute atomic E-state index is 0.154. The molecule has 0 radical (unpaired) electrons. The Morgan fingerprint density at radius 3 is 2.58 bits per heavy atom. The number of pyridine rings is 1. The zero-order valence-electron chi connectivity index (χ0n) is 14.9. The number of aryl methyl sites for hydroxylation is 1. The van der Waals surface area contributed by atoms with Gasteiger partial charge < -0.3 is 14.6 Å². The maximum absolute atomic E-state index is 13.1. The van der Waals surface area contributed by atoms with Gasteiger partial charge in [-0.3, -0.25) is 9.69 Å². The van der Waals surface area contributed by atoms with Crippen molar-refractivity contribution in [1.82, 2.24) is 9.88 Å². The maximum atomic E-state index is 13.1. The molecule has 0 atom stereocenters. The topological polar surface area (TPSA) is 48.6 Å². The number of nitrogens with one attached hydrogen (secondary N) is 1.